The van der Waals surface area contributed by atoms with Gasteiger partial charge in [0.1, 0.15) is 6.42 Å². The molecule has 1 fully saturated rings. The molecule has 1 aliphatic heterocycles. The van der Waals surface area contributed by atoms with Crippen molar-refractivity contribution in [3.63, 3.8) is 0 Å². The van der Waals surface area contributed by atoms with Gasteiger partial charge < -0.3 is 5.11 Å². The average Bonchev–Trinajstić information content (AvgIpc) is 2.12. The second-order valence-electron chi connectivity index (χ2n) is 2.87. The maximum Gasteiger partial charge on any atom is 0.333 e. The molecule has 1 rings (SSSR count). The predicted molar refractivity (Wildman–Crippen MR) is 46.2 cm³/mol. The van der Waals surface area contributed by atoms with Crippen LogP contribution in [0.2, 0.25) is 0 Å². The number of β-amino-alcohol motifs (C(OH)–C–C–N with tert-alkyl or cyclic N) is 1. The lowest BCUT2D eigenvalue weighted by atomic mass is 10.2. The smallest absolute Gasteiger partial charge is 0.333 e. The lowest BCUT2D eigenvalue weighted by Crippen LogP contribution is -2.55. The van der Waals surface area contributed by atoms with E-state index in [4.69, 9.17) is 5.11 Å². The van der Waals surface area contributed by atoms with Crippen molar-refractivity contribution >= 4 is 17.8 Å². The number of urea groups is 1. The van der Waals surface area contributed by atoms with Gasteiger partial charge in [0, 0.05) is 6.54 Å². The van der Waals surface area contributed by atoms with Gasteiger partial charge in [-0.1, -0.05) is 0 Å². The van der Waals surface area contributed by atoms with Crippen molar-refractivity contribution < 1.29 is 19.5 Å². The van der Waals surface area contributed by atoms with Crippen molar-refractivity contribution in [1.82, 2.24) is 9.80 Å². The fourth-order valence-corrected chi connectivity index (χ4v) is 1.31. The summed E-state index contributed by atoms with van der Waals surface area (Å²) in [4.78, 5) is 35.8. The van der Waals surface area contributed by atoms with E-state index in [1.807, 2.05) is 0 Å². The summed E-state index contributed by atoms with van der Waals surface area (Å²) in [6, 6.07) is -0.636. The number of aliphatic hydroxyl groups excluding tert-OH is 1. The standard InChI is InChI=1S/C8H12N2O4/c1-2-9-6(12)5-7(13)10(3-4-11)8(9)14/h11H,2-5H2,1H3. The molecular weight excluding hydrogens is 188 g/mol. The number of amides is 4. The van der Waals surface area contributed by atoms with Gasteiger partial charge in [-0.05, 0) is 6.92 Å². The number of rotatable bonds is 3. The molecular formula is C8H12N2O4. The van der Waals surface area contributed by atoms with Gasteiger partial charge >= 0.3 is 6.03 Å². The van der Waals surface area contributed by atoms with Gasteiger partial charge in [0.15, 0.2) is 0 Å². The SMILES string of the molecule is CCN1C(=O)CC(=O)N(CCO)C1=O. The van der Waals surface area contributed by atoms with Crippen molar-refractivity contribution in [3.05, 3.63) is 0 Å². The molecule has 78 valence electrons. The Morgan fingerprint density at radius 3 is 2.29 bits per heavy atom. The zero-order valence-electron chi connectivity index (χ0n) is 7.89. The number of nitrogens with zero attached hydrogens (tertiary/aromatic N) is 2. The highest BCUT2D eigenvalue weighted by molar-refractivity contribution is 6.14. The van der Waals surface area contributed by atoms with Crippen LogP contribution in [0.15, 0.2) is 0 Å². The molecule has 0 spiro atoms. The van der Waals surface area contributed by atoms with Crippen LogP contribution in [0.3, 0.4) is 0 Å². The zero-order chi connectivity index (χ0) is 10.7. The molecule has 0 atom stereocenters. The Balaban J connectivity index is 2.82. The largest absolute Gasteiger partial charge is 0.395 e. The van der Waals surface area contributed by atoms with Crippen LogP contribution in [0.1, 0.15) is 13.3 Å². The van der Waals surface area contributed by atoms with E-state index in [0.29, 0.717) is 0 Å². The monoisotopic (exact) mass is 200 g/mol. The van der Waals surface area contributed by atoms with Gasteiger partial charge in [0.25, 0.3) is 0 Å². The minimum atomic E-state index is -0.636. The van der Waals surface area contributed by atoms with Gasteiger partial charge in [0.2, 0.25) is 11.8 Å². The molecule has 1 aliphatic rings. The van der Waals surface area contributed by atoms with Crippen molar-refractivity contribution in [2.75, 3.05) is 19.7 Å². The third-order valence-corrected chi connectivity index (χ3v) is 2.01. The molecule has 0 bridgehead atoms. The van der Waals surface area contributed by atoms with E-state index in [2.05, 4.69) is 0 Å². The minimum absolute atomic E-state index is 0.0541. The summed E-state index contributed by atoms with van der Waals surface area (Å²) >= 11 is 0. The van der Waals surface area contributed by atoms with Crippen molar-refractivity contribution in [1.29, 1.82) is 0 Å². The lowest BCUT2D eigenvalue weighted by molar-refractivity contribution is -0.142. The molecule has 1 N–H and O–H groups in total. The quantitative estimate of drug-likeness (QED) is 0.604. The molecule has 4 amide bonds. The van der Waals surface area contributed by atoms with Gasteiger partial charge in [-0.2, -0.15) is 0 Å². The topological polar surface area (TPSA) is 77.9 Å². The normalized spacial score (nSPS) is 18.0. The Bertz CT molecular complexity index is 277. The van der Waals surface area contributed by atoms with Gasteiger partial charge in [-0.25, -0.2) is 4.79 Å². The third kappa shape index (κ3) is 1.74. The molecule has 1 heterocycles. The maximum atomic E-state index is 11.5. The Labute approximate surface area is 81.1 Å². The summed E-state index contributed by atoms with van der Waals surface area (Å²) in [5.41, 5.74) is 0. The second kappa shape index (κ2) is 4.19. The Kier molecular flexibility index (Phi) is 3.19. The van der Waals surface area contributed by atoms with Crippen LogP contribution in [0.4, 0.5) is 4.79 Å². The highest BCUT2D eigenvalue weighted by atomic mass is 16.3. The molecule has 0 aromatic carbocycles. The number of hydrogen-bond donors (Lipinski definition) is 1. The number of hydrogen-bond acceptors (Lipinski definition) is 4. The van der Waals surface area contributed by atoms with Crippen molar-refractivity contribution in [3.8, 4) is 0 Å². The van der Waals surface area contributed by atoms with E-state index in [-0.39, 0.29) is 26.1 Å². The first-order chi connectivity index (χ1) is 6.61. The van der Waals surface area contributed by atoms with E-state index in [0.717, 1.165) is 9.80 Å². The number of aliphatic hydroxyl groups is 1. The average molecular weight is 200 g/mol. The first-order valence-electron chi connectivity index (χ1n) is 4.37. The molecule has 0 unspecified atom stereocenters. The summed E-state index contributed by atoms with van der Waals surface area (Å²) < 4.78 is 0. The van der Waals surface area contributed by atoms with Crippen molar-refractivity contribution in [2.24, 2.45) is 0 Å². The molecule has 14 heavy (non-hydrogen) atoms. The number of barbiturate groups is 1. The Morgan fingerprint density at radius 1 is 1.21 bits per heavy atom. The summed E-state index contributed by atoms with van der Waals surface area (Å²) in [5, 5.41) is 8.63. The van der Waals surface area contributed by atoms with Gasteiger partial charge in [-0.3, -0.25) is 19.4 Å². The molecule has 0 aromatic rings. The van der Waals surface area contributed by atoms with Crippen LogP contribution in [0, 0.1) is 0 Å². The number of carbonyl (C=O) groups is 3. The van der Waals surface area contributed by atoms with E-state index in [1.165, 1.54) is 0 Å². The lowest BCUT2D eigenvalue weighted by Gasteiger charge is -2.31. The van der Waals surface area contributed by atoms with Crippen LogP contribution in [-0.4, -0.2) is 52.4 Å². The molecule has 0 aliphatic carbocycles. The molecule has 6 heteroatoms. The van der Waals surface area contributed by atoms with E-state index in [1.54, 1.807) is 6.92 Å². The summed E-state index contributed by atoms with van der Waals surface area (Å²) in [7, 11) is 0. The van der Waals surface area contributed by atoms with Crippen LogP contribution >= 0.6 is 0 Å². The van der Waals surface area contributed by atoms with E-state index >= 15 is 0 Å². The van der Waals surface area contributed by atoms with Crippen LogP contribution in [-0.2, 0) is 9.59 Å². The Morgan fingerprint density at radius 2 is 1.79 bits per heavy atom. The first-order valence-corrected chi connectivity index (χ1v) is 4.37. The highest BCUT2D eigenvalue weighted by Gasteiger charge is 2.36. The van der Waals surface area contributed by atoms with Crippen LogP contribution in [0.25, 0.3) is 0 Å². The fourth-order valence-electron chi connectivity index (χ4n) is 1.31. The van der Waals surface area contributed by atoms with E-state index < -0.39 is 17.8 Å². The van der Waals surface area contributed by atoms with Crippen LogP contribution < -0.4 is 0 Å². The fraction of sp³-hybridized carbons (Fsp3) is 0.625. The number of imide groups is 2. The summed E-state index contributed by atoms with van der Waals surface area (Å²) in [6.07, 6.45) is -0.292. The second-order valence-corrected chi connectivity index (χ2v) is 2.87. The highest BCUT2D eigenvalue weighted by Crippen LogP contribution is 2.10. The predicted octanol–water partition coefficient (Wildman–Crippen LogP) is -0.821. The number of carbonyl (C=O) groups excluding carboxylic acids is 3. The molecule has 6 nitrogen and oxygen atoms in total. The molecule has 1 saturated heterocycles. The summed E-state index contributed by atoms with van der Waals surface area (Å²) in [6.45, 7) is 1.56. The first kappa shape index (κ1) is 10.6. The third-order valence-electron chi connectivity index (χ3n) is 2.01. The van der Waals surface area contributed by atoms with E-state index in [9.17, 15) is 14.4 Å². The molecule has 0 radical (unpaired) electrons. The van der Waals surface area contributed by atoms with Crippen LogP contribution in [0.5, 0.6) is 0 Å². The molecule has 0 aromatic heterocycles. The zero-order valence-corrected chi connectivity index (χ0v) is 7.89. The van der Waals surface area contributed by atoms with Crippen molar-refractivity contribution in [2.45, 2.75) is 13.3 Å². The summed E-state index contributed by atoms with van der Waals surface area (Å²) in [5.74, 6) is -1.02. The molecule has 0 saturated carbocycles. The Hall–Kier alpha value is -1.43. The maximum absolute atomic E-state index is 11.5. The van der Waals surface area contributed by atoms with Gasteiger partial charge in [-0.15, -0.1) is 0 Å². The minimum Gasteiger partial charge on any atom is -0.395 e. The van der Waals surface area contributed by atoms with Gasteiger partial charge in [0.05, 0.1) is 13.2 Å².